The molecule has 0 spiro atoms. The van der Waals surface area contributed by atoms with E-state index in [1.807, 2.05) is 86.6 Å². The molecule has 4 aromatic rings. The van der Waals surface area contributed by atoms with Crippen molar-refractivity contribution in [1.29, 1.82) is 0 Å². The molecule has 0 unspecified atom stereocenters. The summed E-state index contributed by atoms with van der Waals surface area (Å²) in [4.78, 5) is 30.7. The monoisotopic (exact) mass is 565 g/mol. The Balaban J connectivity index is 1.52. The number of methoxy groups -OCH3 is 2. The quantitative estimate of drug-likeness (QED) is 0.249. The lowest BCUT2D eigenvalue weighted by Crippen LogP contribution is -2.46. The summed E-state index contributed by atoms with van der Waals surface area (Å²) >= 11 is 0. The van der Waals surface area contributed by atoms with E-state index in [0.717, 1.165) is 44.9 Å². The molecule has 0 fully saturated rings. The van der Waals surface area contributed by atoms with Crippen molar-refractivity contribution >= 4 is 17.5 Å². The number of benzene rings is 3. The number of para-hydroxylation sites is 1. The Bertz CT molecular complexity index is 1600. The molecule has 0 saturated heterocycles. The lowest BCUT2D eigenvalue weighted by atomic mass is 9.92. The van der Waals surface area contributed by atoms with E-state index < -0.39 is 5.54 Å². The normalized spacial score (nSPS) is 12.4. The van der Waals surface area contributed by atoms with Crippen molar-refractivity contribution in [3.05, 3.63) is 84.4 Å². The number of pyridine rings is 1. The number of amides is 2. The van der Waals surface area contributed by atoms with Crippen molar-refractivity contribution in [2.24, 2.45) is 0 Å². The number of hydrogen-bond acceptors (Lipinski definition) is 6. The van der Waals surface area contributed by atoms with Gasteiger partial charge in [-0.3, -0.25) is 9.59 Å². The summed E-state index contributed by atoms with van der Waals surface area (Å²) in [6, 6.07) is 25.3. The van der Waals surface area contributed by atoms with Crippen molar-refractivity contribution in [3.63, 3.8) is 0 Å². The molecule has 8 heteroatoms. The molecule has 5 rings (SSSR count). The zero-order chi connectivity index (χ0) is 29.7. The van der Waals surface area contributed by atoms with Crippen LogP contribution >= 0.6 is 0 Å². The van der Waals surface area contributed by atoms with Crippen molar-refractivity contribution in [1.82, 2.24) is 10.3 Å². The van der Waals surface area contributed by atoms with Crippen LogP contribution < -0.4 is 20.1 Å². The highest BCUT2D eigenvalue weighted by Crippen LogP contribution is 2.41. The number of fused-ring (bicyclic) bond motifs is 3. The van der Waals surface area contributed by atoms with E-state index in [0.29, 0.717) is 24.5 Å². The summed E-state index contributed by atoms with van der Waals surface area (Å²) in [6.45, 7) is 4.27. The maximum atomic E-state index is 13.0. The molecule has 2 heterocycles. The van der Waals surface area contributed by atoms with Crippen LogP contribution in [0.3, 0.4) is 0 Å². The van der Waals surface area contributed by atoms with Crippen LogP contribution in [0.4, 0.5) is 5.69 Å². The van der Waals surface area contributed by atoms with Crippen molar-refractivity contribution in [2.45, 2.75) is 32.2 Å². The van der Waals surface area contributed by atoms with Gasteiger partial charge in [0, 0.05) is 30.4 Å². The molecule has 0 bridgehead atoms. The smallest absolute Gasteiger partial charge is 0.258 e. The predicted octanol–water partition coefficient (Wildman–Crippen LogP) is 5.90. The molecule has 3 aromatic carbocycles. The molecule has 2 amide bonds. The van der Waals surface area contributed by atoms with Crippen LogP contribution in [0, 0.1) is 0 Å². The van der Waals surface area contributed by atoms with Gasteiger partial charge in [-0.2, -0.15) is 0 Å². The fourth-order valence-electron chi connectivity index (χ4n) is 5.07. The van der Waals surface area contributed by atoms with Crippen molar-refractivity contribution < 1.29 is 23.8 Å². The van der Waals surface area contributed by atoms with Crippen LogP contribution in [0.1, 0.15) is 25.8 Å². The van der Waals surface area contributed by atoms with Gasteiger partial charge in [-0.15, -0.1) is 0 Å². The Hall–Kier alpha value is -4.69. The van der Waals surface area contributed by atoms with Gasteiger partial charge in [0.2, 0.25) is 5.91 Å². The zero-order valence-corrected chi connectivity index (χ0v) is 24.3. The van der Waals surface area contributed by atoms with E-state index in [9.17, 15) is 9.59 Å². The maximum absolute atomic E-state index is 13.0. The molecule has 42 heavy (non-hydrogen) atoms. The molecule has 0 radical (unpaired) electrons. The van der Waals surface area contributed by atoms with Crippen LogP contribution in [0.5, 0.6) is 11.5 Å². The number of hydrogen-bond donors (Lipinski definition) is 2. The lowest BCUT2D eigenvalue weighted by molar-refractivity contribution is -0.125. The van der Waals surface area contributed by atoms with Gasteiger partial charge in [-0.25, -0.2) is 4.98 Å². The summed E-state index contributed by atoms with van der Waals surface area (Å²) < 4.78 is 16.7. The second-order valence-corrected chi connectivity index (χ2v) is 10.8. The highest BCUT2D eigenvalue weighted by molar-refractivity contribution is 6.02. The standard InChI is InChI=1S/C34H35N3O5/c1-34(2,16-17-40-3)37-32(39)21-42-29-15-14-23(18-30(29)41-4)25-19-28(22-10-6-5-7-11-22)36-33-24-12-8-9-13-27(24)35-31(38)20-26(25)33/h5-15,18-19H,16-17,20-21H2,1-4H3,(H,35,38)(H,37,39). The van der Waals surface area contributed by atoms with E-state index in [2.05, 4.69) is 10.6 Å². The molecular formula is C34H35N3O5. The number of carbonyl (C=O) groups excluding carboxylic acids is 2. The van der Waals surface area contributed by atoms with Gasteiger partial charge in [0.15, 0.2) is 18.1 Å². The second kappa shape index (κ2) is 12.4. The van der Waals surface area contributed by atoms with Crippen LogP contribution in [-0.4, -0.2) is 49.8 Å². The van der Waals surface area contributed by atoms with Gasteiger partial charge in [0.1, 0.15) is 0 Å². The molecule has 2 N–H and O–H groups in total. The van der Waals surface area contributed by atoms with Crippen molar-refractivity contribution in [2.75, 3.05) is 32.8 Å². The third-order valence-corrected chi connectivity index (χ3v) is 7.23. The van der Waals surface area contributed by atoms with E-state index in [1.54, 1.807) is 20.3 Å². The maximum Gasteiger partial charge on any atom is 0.258 e. The minimum atomic E-state index is -0.426. The lowest BCUT2D eigenvalue weighted by Gasteiger charge is -2.26. The second-order valence-electron chi connectivity index (χ2n) is 10.8. The fourth-order valence-corrected chi connectivity index (χ4v) is 5.07. The average molecular weight is 566 g/mol. The highest BCUT2D eigenvalue weighted by atomic mass is 16.5. The van der Waals surface area contributed by atoms with E-state index >= 15 is 0 Å². The third-order valence-electron chi connectivity index (χ3n) is 7.23. The summed E-state index contributed by atoms with van der Waals surface area (Å²) in [5.74, 6) is 0.573. The first kappa shape index (κ1) is 28.8. The van der Waals surface area contributed by atoms with Crippen LogP contribution in [0.2, 0.25) is 0 Å². The Labute approximate surface area is 246 Å². The molecule has 0 atom stereocenters. The first-order valence-corrected chi connectivity index (χ1v) is 13.9. The zero-order valence-electron chi connectivity index (χ0n) is 24.3. The van der Waals surface area contributed by atoms with Gasteiger partial charge in [-0.1, -0.05) is 54.6 Å². The molecule has 8 nitrogen and oxygen atoms in total. The van der Waals surface area contributed by atoms with Gasteiger partial charge in [0.25, 0.3) is 5.91 Å². The molecule has 1 aliphatic rings. The Kier molecular flexibility index (Phi) is 8.54. The van der Waals surface area contributed by atoms with Gasteiger partial charge >= 0.3 is 0 Å². The third kappa shape index (κ3) is 6.44. The summed E-state index contributed by atoms with van der Waals surface area (Å²) in [6.07, 6.45) is 0.845. The van der Waals surface area contributed by atoms with Crippen LogP contribution in [0.15, 0.2) is 78.9 Å². The number of nitrogens with one attached hydrogen (secondary N) is 2. The van der Waals surface area contributed by atoms with Gasteiger partial charge in [0.05, 0.1) is 30.6 Å². The Morgan fingerprint density at radius 3 is 2.45 bits per heavy atom. The summed E-state index contributed by atoms with van der Waals surface area (Å²) in [5.41, 5.74) is 6.22. The minimum absolute atomic E-state index is 0.108. The molecular weight excluding hydrogens is 530 g/mol. The van der Waals surface area contributed by atoms with Gasteiger partial charge < -0.3 is 24.8 Å². The number of anilines is 1. The van der Waals surface area contributed by atoms with E-state index in [1.165, 1.54) is 0 Å². The van der Waals surface area contributed by atoms with Crippen LogP contribution in [-0.2, 0) is 20.7 Å². The summed E-state index contributed by atoms with van der Waals surface area (Å²) in [5, 5.41) is 6.01. The number of aromatic nitrogens is 1. The number of ether oxygens (including phenoxy) is 3. The van der Waals surface area contributed by atoms with Crippen molar-refractivity contribution in [3.8, 4) is 45.1 Å². The Morgan fingerprint density at radius 2 is 1.69 bits per heavy atom. The van der Waals surface area contributed by atoms with Crippen LogP contribution in [0.25, 0.3) is 33.6 Å². The largest absolute Gasteiger partial charge is 0.493 e. The molecule has 1 aliphatic heterocycles. The first-order valence-electron chi connectivity index (χ1n) is 13.9. The number of carbonyl (C=O) groups is 2. The predicted molar refractivity (Wildman–Crippen MR) is 164 cm³/mol. The van der Waals surface area contributed by atoms with E-state index in [4.69, 9.17) is 19.2 Å². The fraction of sp³-hybridized carbons (Fsp3) is 0.265. The average Bonchev–Trinajstić information content (AvgIpc) is 3.14. The molecule has 0 aliphatic carbocycles. The number of nitrogens with zero attached hydrogens (tertiary/aromatic N) is 1. The highest BCUT2D eigenvalue weighted by Gasteiger charge is 2.25. The molecule has 216 valence electrons. The Morgan fingerprint density at radius 1 is 0.929 bits per heavy atom. The van der Waals surface area contributed by atoms with E-state index in [-0.39, 0.29) is 24.8 Å². The topological polar surface area (TPSA) is 98.8 Å². The molecule has 0 saturated carbocycles. The summed E-state index contributed by atoms with van der Waals surface area (Å²) in [7, 11) is 3.20. The van der Waals surface area contributed by atoms with Gasteiger partial charge in [-0.05, 0) is 61.2 Å². The minimum Gasteiger partial charge on any atom is -0.493 e. The first-order chi connectivity index (χ1) is 20.3. The number of rotatable bonds is 10. The SMILES string of the molecule is COCCC(C)(C)NC(=O)COc1ccc(-c2cc(-c3ccccc3)nc3c2CC(=O)Nc2ccccc2-3)cc1OC. The molecule has 1 aromatic heterocycles.